The number of nitrogens with zero attached hydrogens (tertiary/aromatic N) is 1. The second kappa shape index (κ2) is 7.28. The molecule has 22 heavy (non-hydrogen) atoms. The lowest BCUT2D eigenvalue weighted by molar-refractivity contribution is 0.281. The van der Waals surface area contributed by atoms with Crippen LogP contribution in [0.3, 0.4) is 0 Å². The van der Waals surface area contributed by atoms with Gasteiger partial charge < -0.3 is 10.4 Å². The van der Waals surface area contributed by atoms with Crippen LogP contribution < -0.4 is 5.32 Å². The van der Waals surface area contributed by atoms with E-state index in [1.807, 2.05) is 0 Å². The van der Waals surface area contributed by atoms with E-state index in [1.54, 1.807) is 6.07 Å². The molecular weight excluding hydrogens is 347 g/mol. The zero-order valence-corrected chi connectivity index (χ0v) is 13.8. The number of pyridine rings is 1. The Kier molecular flexibility index (Phi) is 5.63. The highest BCUT2D eigenvalue weighted by atomic mass is 35.5. The average Bonchev–Trinajstić information content (AvgIpc) is 2.49. The number of rotatable bonds is 6. The van der Waals surface area contributed by atoms with Crippen molar-refractivity contribution in [3.63, 3.8) is 0 Å². The topological polar surface area (TPSA) is 79.3 Å². The first kappa shape index (κ1) is 17.0. The predicted octanol–water partition coefficient (Wildman–Crippen LogP) is 2.77. The van der Waals surface area contributed by atoms with Crippen LogP contribution in [0.4, 0.5) is 5.82 Å². The maximum atomic E-state index is 12.1. The predicted molar refractivity (Wildman–Crippen MR) is 87.2 cm³/mol. The quantitative estimate of drug-likeness (QED) is 0.827. The Bertz CT molecular complexity index is 749. The molecular formula is C14H14Cl2N2O3S. The fourth-order valence-electron chi connectivity index (χ4n) is 1.76. The Labute approximate surface area is 138 Å². The van der Waals surface area contributed by atoms with Crippen molar-refractivity contribution in [3.8, 4) is 0 Å². The third kappa shape index (κ3) is 4.33. The smallest absolute Gasteiger partial charge is 0.180 e. The Balaban J connectivity index is 1.99. The van der Waals surface area contributed by atoms with E-state index in [0.29, 0.717) is 21.4 Å². The highest BCUT2D eigenvalue weighted by Gasteiger charge is 2.14. The summed E-state index contributed by atoms with van der Waals surface area (Å²) in [7, 11) is -3.40. The lowest BCUT2D eigenvalue weighted by Gasteiger charge is -2.09. The van der Waals surface area contributed by atoms with Gasteiger partial charge in [0.25, 0.3) is 0 Å². The van der Waals surface area contributed by atoms with Crippen molar-refractivity contribution >= 4 is 38.9 Å². The number of benzene rings is 1. The van der Waals surface area contributed by atoms with Gasteiger partial charge in [-0.15, -0.1) is 0 Å². The molecule has 0 unspecified atom stereocenters. The molecule has 2 rings (SSSR count). The van der Waals surface area contributed by atoms with Crippen LogP contribution in [0.1, 0.15) is 5.56 Å². The molecule has 1 heterocycles. The molecule has 0 saturated carbocycles. The minimum Gasteiger partial charge on any atom is -0.392 e. The van der Waals surface area contributed by atoms with Gasteiger partial charge in [-0.3, -0.25) is 0 Å². The number of anilines is 1. The lowest BCUT2D eigenvalue weighted by atomic mass is 10.3. The van der Waals surface area contributed by atoms with E-state index >= 15 is 0 Å². The summed E-state index contributed by atoms with van der Waals surface area (Å²) in [6, 6.07) is 7.59. The summed E-state index contributed by atoms with van der Waals surface area (Å²) in [5.41, 5.74) is 0.587. The number of nitrogens with one attached hydrogen (secondary N) is 1. The molecule has 118 valence electrons. The fourth-order valence-corrected chi connectivity index (χ4v) is 3.30. The van der Waals surface area contributed by atoms with Gasteiger partial charge in [0.1, 0.15) is 5.82 Å². The van der Waals surface area contributed by atoms with Crippen LogP contribution in [0.2, 0.25) is 10.0 Å². The van der Waals surface area contributed by atoms with Gasteiger partial charge in [0.2, 0.25) is 0 Å². The molecule has 1 aromatic heterocycles. The molecule has 5 nitrogen and oxygen atoms in total. The molecule has 8 heteroatoms. The number of hydrogen-bond acceptors (Lipinski definition) is 5. The second-order valence-corrected chi connectivity index (χ2v) is 7.48. The van der Waals surface area contributed by atoms with Crippen molar-refractivity contribution in [1.82, 2.24) is 4.98 Å². The molecule has 0 radical (unpaired) electrons. The van der Waals surface area contributed by atoms with Crippen LogP contribution in [0, 0.1) is 0 Å². The molecule has 1 aromatic carbocycles. The third-order valence-corrected chi connectivity index (χ3v) is 5.19. The summed E-state index contributed by atoms with van der Waals surface area (Å²) < 4.78 is 24.3. The first-order chi connectivity index (χ1) is 10.4. The monoisotopic (exact) mass is 360 g/mol. The first-order valence-corrected chi connectivity index (χ1v) is 8.80. The average molecular weight is 361 g/mol. The Hall–Kier alpha value is -1.34. The lowest BCUT2D eigenvalue weighted by Crippen LogP contribution is -2.16. The number of sulfone groups is 1. The number of aliphatic hydroxyl groups excluding tert-OH is 1. The van der Waals surface area contributed by atoms with E-state index in [4.69, 9.17) is 28.3 Å². The van der Waals surface area contributed by atoms with Gasteiger partial charge in [-0.25, -0.2) is 13.4 Å². The van der Waals surface area contributed by atoms with E-state index in [1.165, 1.54) is 30.5 Å². The van der Waals surface area contributed by atoms with Crippen molar-refractivity contribution in [2.75, 3.05) is 17.6 Å². The molecule has 0 spiro atoms. The van der Waals surface area contributed by atoms with Crippen LogP contribution in [0.5, 0.6) is 0 Å². The van der Waals surface area contributed by atoms with Crippen LogP contribution in [0.15, 0.2) is 41.4 Å². The van der Waals surface area contributed by atoms with Crippen molar-refractivity contribution in [1.29, 1.82) is 0 Å². The normalized spacial score (nSPS) is 11.4. The molecule has 0 aliphatic heterocycles. The highest BCUT2D eigenvalue weighted by Crippen LogP contribution is 2.20. The van der Waals surface area contributed by atoms with E-state index < -0.39 is 9.84 Å². The summed E-state index contributed by atoms with van der Waals surface area (Å²) in [5, 5.41) is 12.7. The maximum Gasteiger partial charge on any atom is 0.180 e. The van der Waals surface area contributed by atoms with Crippen LogP contribution >= 0.6 is 23.2 Å². The Morgan fingerprint density at radius 3 is 2.45 bits per heavy atom. The molecule has 0 bridgehead atoms. The van der Waals surface area contributed by atoms with Gasteiger partial charge >= 0.3 is 0 Å². The third-order valence-electron chi connectivity index (χ3n) is 2.92. The van der Waals surface area contributed by atoms with E-state index in [-0.39, 0.29) is 23.8 Å². The number of halogens is 2. The van der Waals surface area contributed by atoms with Gasteiger partial charge in [-0.05, 0) is 35.9 Å². The van der Waals surface area contributed by atoms with E-state index in [9.17, 15) is 8.42 Å². The molecule has 0 amide bonds. The molecule has 0 aliphatic rings. The number of aromatic nitrogens is 1. The fraction of sp³-hybridized carbons (Fsp3) is 0.214. The van der Waals surface area contributed by atoms with Gasteiger partial charge in [0.05, 0.1) is 22.3 Å². The molecule has 2 N–H and O–H groups in total. The zero-order chi connectivity index (χ0) is 16.2. The SMILES string of the molecule is O=S(=O)(CCNc1ncc(CO)cc1Cl)c1ccc(Cl)cc1. The van der Waals surface area contributed by atoms with Gasteiger partial charge in [-0.1, -0.05) is 23.2 Å². The minimum atomic E-state index is -3.40. The number of hydrogen-bond donors (Lipinski definition) is 2. The van der Waals surface area contributed by atoms with Gasteiger partial charge in [0, 0.05) is 17.8 Å². The van der Waals surface area contributed by atoms with Gasteiger partial charge in [-0.2, -0.15) is 0 Å². The van der Waals surface area contributed by atoms with Crippen molar-refractivity contribution in [2.45, 2.75) is 11.5 Å². The summed E-state index contributed by atoms with van der Waals surface area (Å²) in [6.07, 6.45) is 1.47. The zero-order valence-electron chi connectivity index (χ0n) is 11.5. The number of aliphatic hydroxyl groups is 1. The standard InChI is InChI=1S/C14H14Cl2N2O3S/c15-11-1-3-12(4-2-11)22(20,21)6-5-17-14-13(16)7-10(9-19)8-18-14/h1-4,7-8,19H,5-6,9H2,(H,17,18). The van der Waals surface area contributed by atoms with Crippen molar-refractivity contribution < 1.29 is 13.5 Å². The molecule has 0 aliphatic carbocycles. The van der Waals surface area contributed by atoms with Gasteiger partial charge in [0.15, 0.2) is 9.84 Å². The van der Waals surface area contributed by atoms with Crippen LogP contribution in [0.25, 0.3) is 0 Å². The van der Waals surface area contributed by atoms with E-state index in [0.717, 1.165) is 0 Å². The molecule has 2 aromatic rings. The van der Waals surface area contributed by atoms with Crippen LogP contribution in [-0.4, -0.2) is 30.8 Å². The summed E-state index contributed by atoms with van der Waals surface area (Å²) in [4.78, 5) is 4.25. The second-order valence-electron chi connectivity index (χ2n) is 4.53. The van der Waals surface area contributed by atoms with Crippen molar-refractivity contribution in [2.24, 2.45) is 0 Å². The Morgan fingerprint density at radius 2 is 1.86 bits per heavy atom. The van der Waals surface area contributed by atoms with Crippen LogP contribution in [-0.2, 0) is 16.4 Å². The Morgan fingerprint density at radius 1 is 1.18 bits per heavy atom. The molecule has 0 fully saturated rings. The van der Waals surface area contributed by atoms with Crippen molar-refractivity contribution in [3.05, 3.63) is 52.1 Å². The summed E-state index contributed by atoms with van der Waals surface area (Å²) in [6.45, 7) is 0.00803. The summed E-state index contributed by atoms with van der Waals surface area (Å²) in [5.74, 6) is 0.277. The summed E-state index contributed by atoms with van der Waals surface area (Å²) >= 11 is 11.7. The largest absolute Gasteiger partial charge is 0.392 e. The molecule has 0 atom stereocenters. The maximum absolute atomic E-state index is 12.1. The first-order valence-electron chi connectivity index (χ1n) is 6.40. The molecule has 0 saturated heterocycles. The van der Waals surface area contributed by atoms with E-state index in [2.05, 4.69) is 10.3 Å². The minimum absolute atomic E-state index is 0.103. The highest BCUT2D eigenvalue weighted by molar-refractivity contribution is 7.91.